The highest BCUT2D eigenvalue weighted by Gasteiger charge is 2.24. The van der Waals surface area contributed by atoms with E-state index in [0.29, 0.717) is 37.4 Å². The quantitative estimate of drug-likeness (QED) is 0.847. The molecule has 1 fully saturated rings. The topological polar surface area (TPSA) is 66.8 Å². The molecule has 0 bridgehead atoms. The summed E-state index contributed by atoms with van der Waals surface area (Å²) < 4.78 is 5.40. The van der Waals surface area contributed by atoms with Crippen LogP contribution in [0, 0.1) is 5.92 Å². The molecular formula is C16H21NO4. The maximum absolute atomic E-state index is 12.3. The lowest BCUT2D eigenvalue weighted by atomic mass is 9.90. The van der Waals surface area contributed by atoms with Crippen LogP contribution in [0.5, 0.6) is 5.75 Å². The summed E-state index contributed by atoms with van der Waals surface area (Å²) in [6.07, 6.45) is 1.11. The van der Waals surface area contributed by atoms with E-state index in [4.69, 9.17) is 9.84 Å². The van der Waals surface area contributed by atoms with Gasteiger partial charge in [-0.2, -0.15) is 0 Å². The minimum atomic E-state index is -0.871. The molecule has 1 aliphatic heterocycles. The van der Waals surface area contributed by atoms with Gasteiger partial charge in [0.05, 0.1) is 6.61 Å². The monoisotopic (exact) mass is 291 g/mol. The molecule has 0 spiro atoms. The van der Waals surface area contributed by atoms with Crippen LogP contribution in [0.15, 0.2) is 24.3 Å². The molecular weight excluding hydrogens is 270 g/mol. The third kappa shape index (κ3) is 4.21. The van der Waals surface area contributed by atoms with Gasteiger partial charge in [-0.3, -0.25) is 4.79 Å². The predicted octanol–water partition coefficient (Wildman–Crippen LogP) is 3.05. The first-order valence-corrected chi connectivity index (χ1v) is 7.34. The molecule has 5 nitrogen and oxygen atoms in total. The second-order valence-electron chi connectivity index (χ2n) is 5.30. The van der Waals surface area contributed by atoms with Crippen molar-refractivity contribution in [2.75, 3.05) is 19.7 Å². The minimum Gasteiger partial charge on any atom is -0.494 e. The highest BCUT2D eigenvalue weighted by molar-refractivity contribution is 5.96. The maximum Gasteiger partial charge on any atom is 0.407 e. The molecule has 114 valence electrons. The summed E-state index contributed by atoms with van der Waals surface area (Å²) >= 11 is 0. The smallest absolute Gasteiger partial charge is 0.407 e. The molecule has 0 aromatic heterocycles. The van der Waals surface area contributed by atoms with Crippen molar-refractivity contribution >= 4 is 11.9 Å². The Morgan fingerprint density at radius 3 is 2.67 bits per heavy atom. The van der Waals surface area contributed by atoms with E-state index in [-0.39, 0.29) is 11.7 Å². The fourth-order valence-electron chi connectivity index (χ4n) is 2.63. The number of hydrogen-bond acceptors (Lipinski definition) is 3. The van der Waals surface area contributed by atoms with Gasteiger partial charge in [0, 0.05) is 25.1 Å². The summed E-state index contributed by atoms with van der Waals surface area (Å²) in [5, 5.41) is 8.91. The van der Waals surface area contributed by atoms with E-state index < -0.39 is 6.09 Å². The molecule has 0 radical (unpaired) electrons. The van der Waals surface area contributed by atoms with Crippen LogP contribution < -0.4 is 4.74 Å². The van der Waals surface area contributed by atoms with Crippen molar-refractivity contribution in [3.8, 4) is 5.75 Å². The molecule has 0 atom stereocenters. The number of carbonyl (C=O) groups excluding carboxylic acids is 1. The van der Waals surface area contributed by atoms with Crippen molar-refractivity contribution in [2.24, 2.45) is 5.92 Å². The van der Waals surface area contributed by atoms with Crippen LogP contribution in [0.4, 0.5) is 4.79 Å². The second-order valence-corrected chi connectivity index (χ2v) is 5.30. The lowest BCUT2D eigenvalue weighted by molar-refractivity contribution is 0.0920. The number of carbonyl (C=O) groups is 2. The Balaban J connectivity index is 1.90. The summed E-state index contributed by atoms with van der Waals surface area (Å²) in [6, 6.07) is 7.24. The zero-order chi connectivity index (χ0) is 15.2. The number of ketones is 1. The van der Waals surface area contributed by atoms with Crippen LogP contribution in [0.1, 0.15) is 36.5 Å². The van der Waals surface area contributed by atoms with Gasteiger partial charge in [0.25, 0.3) is 0 Å². The molecule has 1 aromatic rings. The van der Waals surface area contributed by atoms with Crippen LogP contribution in [0.3, 0.4) is 0 Å². The van der Waals surface area contributed by atoms with Gasteiger partial charge in [0.15, 0.2) is 5.78 Å². The third-order valence-electron chi connectivity index (χ3n) is 3.83. The Hall–Kier alpha value is -2.04. The average molecular weight is 291 g/mol. The van der Waals surface area contributed by atoms with Crippen LogP contribution in [0.25, 0.3) is 0 Å². The number of amides is 1. The van der Waals surface area contributed by atoms with Crippen molar-refractivity contribution in [3.05, 3.63) is 29.8 Å². The van der Waals surface area contributed by atoms with Gasteiger partial charge in [0.1, 0.15) is 5.75 Å². The van der Waals surface area contributed by atoms with Gasteiger partial charge in [-0.05, 0) is 37.8 Å². The highest BCUT2D eigenvalue weighted by Crippen LogP contribution is 2.23. The van der Waals surface area contributed by atoms with Crippen molar-refractivity contribution in [2.45, 2.75) is 26.2 Å². The fourth-order valence-corrected chi connectivity index (χ4v) is 2.63. The highest BCUT2D eigenvalue weighted by atomic mass is 16.5. The van der Waals surface area contributed by atoms with E-state index in [2.05, 4.69) is 0 Å². The Labute approximate surface area is 124 Å². The van der Waals surface area contributed by atoms with E-state index in [9.17, 15) is 9.59 Å². The van der Waals surface area contributed by atoms with Crippen LogP contribution in [0.2, 0.25) is 0 Å². The largest absolute Gasteiger partial charge is 0.494 e. The molecule has 2 rings (SSSR count). The van der Waals surface area contributed by atoms with Gasteiger partial charge in [-0.1, -0.05) is 12.1 Å². The number of ether oxygens (including phenoxy) is 1. The number of piperidine rings is 1. The van der Waals surface area contributed by atoms with E-state index in [1.807, 2.05) is 19.1 Å². The summed E-state index contributed by atoms with van der Waals surface area (Å²) in [5.74, 6) is 1.08. The standard InChI is InChI=1S/C16H21NO4/c1-2-21-14-5-3-4-13(11-14)15(18)10-12-6-8-17(9-7-12)16(19)20/h3-5,11-12H,2,6-10H2,1H3,(H,19,20). The normalized spacial score (nSPS) is 15.8. The van der Waals surface area contributed by atoms with Crippen molar-refractivity contribution in [3.63, 3.8) is 0 Å². The van der Waals surface area contributed by atoms with Crippen molar-refractivity contribution in [1.82, 2.24) is 4.90 Å². The number of carboxylic acid groups (broad SMARTS) is 1. The number of rotatable bonds is 5. The van der Waals surface area contributed by atoms with E-state index in [0.717, 1.165) is 12.8 Å². The molecule has 5 heteroatoms. The lowest BCUT2D eigenvalue weighted by Gasteiger charge is -2.29. The molecule has 1 aromatic carbocycles. The predicted molar refractivity (Wildman–Crippen MR) is 78.9 cm³/mol. The first kappa shape index (κ1) is 15.4. The molecule has 1 aliphatic rings. The first-order chi connectivity index (χ1) is 10.1. The molecule has 1 amide bonds. The average Bonchev–Trinajstić information content (AvgIpc) is 2.48. The molecule has 0 aliphatic carbocycles. The van der Waals surface area contributed by atoms with Gasteiger partial charge >= 0.3 is 6.09 Å². The SMILES string of the molecule is CCOc1cccc(C(=O)CC2CCN(C(=O)O)CC2)c1. The Kier molecular flexibility index (Phi) is 5.20. The van der Waals surface area contributed by atoms with Gasteiger partial charge in [0.2, 0.25) is 0 Å². The summed E-state index contributed by atoms with van der Waals surface area (Å²) in [5.41, 5.74) is 0.668. The number of Topliss-reactive ketones (excluding diaryl/α,β-unsaturated/α-hetero) is 1. The number of nitrogens with zero attached hydrogens (tertiary/aromatic N) is 1. The van der Waals surface area contributed by atoms with E-state index >= 15 is 0 Å². The van der Waals surface area contributed by atoms with E-state index in [1.165, 1.54) is 4.90 Å². The van der Waals surface area contributed by atoms with Crippen LogP contribution in [-0.4, -0.2) is 41.6 Å². The number of likely N-dealkylation sites (tertiary alicyclic amines) is 1. The van der Waals surface area contributed by atoms with Gasteiger partial charge in [-0.25, -0.2) is 4.79 Å². The summed E-state index contributed by atoms with van der Waals surface area (Å²) in [6.45, 7) is 3.52. The Morgan fingerprint density at radius 1 is 1.33 bits per heavy atom. The lowest BCUT2D eigenvalue weighted by Crippen LogP contribution is -2.37. The molecule has 1 N–H and O–H groups in total. The minimum absolute atomic E-state index is 0.102. The maximum atomic E-state index is 12.3. The Bertz CT molecular complexity index is 507. The summed E-state index contributed by atoms with van der Waals surface area (Å²) in [7, 11) is 0. The van der Waals surface area contributed by atoms with Crippen molar-refractivity contribution < 1.29 is 19.4 Å². The second kappa shape index (κ2) is 7.11. The van der Waals surface area contributed by atoms with Crippen LogP contribution in [-0.2, 0) is 0 Å². The molecule has 21 heavy (non-hydrogen) atoms. The van der Waals surface area contributed by atoms with E-state index in [1.54, 1.807) is 12.1 Å². The molecule has 0 saturated carbocycles. The Morgan fingerprint density at radius 2 is 2.05 bits per heavy atom. The zero-order valence-electron chi connectivity index (χ0n) is 12.2. The van der Waals surface area contributed by atoms with Gasteiger partial charge < -0.3 is 14.7 Å². The summed E-state index contributed by atoms with van der Waals surface area (Å²) in [4.78, 5) is 24.6. The van der Waals surface area contributed by atoms with Gasteiger partial charge in [-0.15, -0.1) is 0 Å². The fraction of sp³-hybridized carbons (Fsp3) is 0.500. The van der Waals surface area contributed by atoms with Crippen molar-refractivity contribution in [1.29, 1.82) is 0 Å². The van der Waals surface area contributed by atoms with Crippen LogP contribution >= 0.6 is 0 Å². The molecule has 0 unspecified atom stereocenters. The molecule has 1 saturated heterocycles. The number of hydrogen-bond donors (Lipinski definition) is 1. The third-order valence-corrected chi connectivity index (χ3v) is 3.83. The first-order valence-electron chi connectivity index (χ1n) is 7.34. The zero-order valence-corrected chi connectivity index (χ0v) is 12.2. The number of benzene rings is 1. The molecule has 1 heterocycles.